The number of nitrogens with zero attached hydrogens (tertiary/aromatic N) is 2. The molecule has 8 heteroatoms. The predicted octanol–water partition coefficient (Wildman–Crippen LogP) is 4.48. The highest BCUT2D eigenvalue weighted by molar-refractivity contribution is 9.10. The number of amides is 1. The molecule has 1 aliphatic heterocycles. The zero-order valence-corrected chi connectivity index (χ0v) is 21.1. The number of aliphatic hydroxyl groups is 1. The zero-order valence-electron chi connectivity index (χ0n) is 19.5. The number of carbonyl (C=O) groups excluding carboxylic acids is 2. The summed E-state index contributed by atoms with van der Waals surface area (Å²) in [6, 6.07) is 11.7. The molecule has 1 heterocycles. The Bertz CT molecular complexity index is 1110. The molecular formula is C26H29BrN2O5. The number of rotatable bonds is 10. The number of hydrogen-bond acceptors (Lipinski definition) is 6. The highest BCUT2D eigenvalue weighted by Crippen LogP contribution is 2.43. The summed E-state index contributed by atoms with van der Waals surface area (Å²) >= 11 is 3.32. The number of aliphatic hydroxyl groups excluding tert-OH is 1. The maximum Gasteiger partial charge on any atom is 0.290 e. The van der Waals surface area contributed by atoms with Gasteiger partial charge in [-0.3, -0.25) is 9.59 Å². The number of hydrogen-bond donors (Lipinski definition) is 2. The zero-order chi connectivity index (χ0) is 24.8. The molecule has 2 N–H and O–H groups in total. The van der Waals surface area contributed by atoms with Crippen LogP contribution in [-0.2, 0) is 9.59 Å². The second kappa shape index (κ2) is 11.4. The van der Waals surface area contributed by atoms with E-state index in [9.17, 15) is 19.8 Å². The number of likely N-dealkylation sites (N-methyl/N-ethyl adjacent to an activating group) is 1. The van der Waals surface area contributed by atoms with Crippen LogP contribution in [0.5, 0.6) is 11.5 Å². The van der Waals surface area contributed by atoms with Gasteiger partial charge < -0.3 is 24.7 Å². The van der Waals surface area contributed by atoms with Gasteiger partial charge in [-0.25, -0.2) is 0 Å². The van der Waals surface area contributed by atoms with E-state index in [0.29, 0.717) is 23.1 Å². The average Bonchev–Trinajstić information content (AvgIpc) is 3.10. The first-order valence-corrected chi connectivity index (χ1v) is 11.9. The molecule has 0 radical (unpaired) electrons. The van der Waals surface area contributed by atoms with Crippen LogP contribution >= 0.6 is 15.9 Å². The Balaban J connectivity index is 2.04. The molecule has 7 nitrogen and oxygen atoms in total. The molecule has 34 heavy (non-hydrogen) atoms. The Kier molecular flexibility index (Phi) is 8.52. The quantitative estimate of drug-likeness (QED) is 0.441. The number of phenols is 1. The molecule has 0 aliphatic carbocycles. The van der Waals surface area contributed by atoms with Crippen LogP contribution in [0.4, 0.5) is 0 Å². The van der Waals surface area contributed by atoms with E-state index in [4.69, 9.17) is 4.74 Å². The minimum absolute atomic E-state index is 0.00336. The molecule has 1 aliphatic rings. The number of aromatic hydroxyl groups is 1. The van der Waals surface area contributed by atoms with Gasteiger partial charge in [0.15, 0.2) is 23.0 Å². The largest absolute Gasteiger partial charge is 0.503 e. The Labute approximate surface area is 208 Å². The van der Waals surface area contributed by atoms with Crippen LogP contribution in [0.15, 0.2) is 64.3 Å². The van der Waals surface area contributed by atoms with E-state index in [1.54, 1.807) is 18.2 Å². The molecule has 0 fully saturated rings. The molecule has 1 atom stereocenters. The highest BCUT2D eigenvalue weighted by Gasteiger charge is 2.43. The van der Waals surface area contributed by atoms with E-state index in [0.717, 1.165) is 18.7 Å². The first-order valence-electron chi connectivity index (χ1n) is 11.1. The summed E-state index contributed by atoms with van der Waals surface area (Å²) in [4.78, 5) is 30.0. The van der Waals surface area contributed by atoms with E-state index in [1.165, 1.54) is 18.1 Å². The molecule has 0 bridgehead atoms. The Morgan fingerprint density at radius 3 is 2.47 bits per heavy atom. The molecule has 2 aromatic rings. The van der Waals surface area contributed by atoms with Gasteiger partial charge in [-0.15, -0.1) is 0 Å². The van der Waals surface area contributed by atoms with Gasteiger partial charge in [0.1, 0.15) is 0 Å². The monoisotopic (exact) mass is 528 g/mol. The first kappa shape index (κ1) is 25.5. The van der Waals surface area contributed by atoms with Crippen molar-refractivity contribution >= 4 is 33.7 Å². The molecule has 0 aromatic heterocycles. The summed E-state index contributed by atoms with van der Waals surface area (Å²) in [6.45, 7) is 6.59. The number of benzene rings is 2. The van der Waals surface area contributed by atoms with Crippen molar-refractivity contribution in [3.63, 3.8) is 0 Å². The van der Waals surface area contributed by atoms with Gasteiger partial charge in [0.2, 0.25) is 0 Å². The Hall–Kier alpha value is -3.10. The fraction of sp³-hybridized carbons (Fsp3) is 0.308. The van der Waals surface area contributed by atoms with Crippen LogP contribution in [0.25, 0.3) is 6.08 Å². The fourth-order valence-electron chi connectivity index (χ4n) is 4.00. The molecule has 1 unspecified atom stereocenters. The van der Waals surface area contributed by atoms with E-state index >= 15 is 0 Å². The van der Waals surface area contributed by atoms with Crippen molar-refractivity contribution in [2.45, 2.75) is 19.9 Å². The Morgan fingerprint density at radius 1 is 1.18 bits per heavy atom. The van der Waals surface area contributed by atoms with Crippen LogP contribution in [-0.4, -0.2) is 65.0 Å². The number of halogens is 1. The van der Waals surface area contributed by atoms with Crippen molar-refractivity contribution in [3.8, 4) is 11.5 Å². The summed E-state index contributed by atoms with van der Waals surface area (Å²) < 4.78 is 5.64. The van der Waals surface area contributed by atoms with Crippen LogP contribution in [0.1, 0.15) is 31.0 Å². The van der Waals surface area contributed by atoms with Crippen molar-refractivity contribution in [2.75, 3.05) is 33.3 Å². The van der Waals surface area contributed by atoms with Crippen molar-refractivity contribution < 1.29 is 24.5 Å². The van der Waals surface area contributed by atoms with Crippen molar-refractivity contribution in [1.82, 2.24) is 9.80 Å². The lowest BCUT2D eigenvalue weighted by Crippen LogP contribution is -2.38. The second-order valence-electron chi connectivity index (χ2n) is 7.85. The average molecular weight is 529 g/mol. The van der Waals surface area contributed by atoms with Crippen molar-refractivity contribution in [2.24, 2.45) is 0 Å². The maximum atomic E-state index is 13.3. The molecule has 1 amide bonds. The lowest BCUT2D eigenvalue weighted by atomic mass is 9.95. The molecule has 0 saturated heterocycles. The third kappa shape index (κ3) is 5.34. The Morgan fingerprint density at radius 2 is 1.85 bits per heavy atom. The standard InChI is InChI=1S/C26H29BrN2O5/c1-4-28(5-2)13-14-29-23(18-15-19(27)24(31)21(16-18)34-3)22(25(32)26(29)33)20(30)12-11-17-9-7-6-8-10-17/h6-12,15-16,23,31-32H,4-5,13-14H2,1-3H3/b12-11+. The van der Waals surface area contributed by atoms with E-state index in [1.807, 2.05) is 44.2 Å². The van der Waals surface area contributed by atoms with Gasteiger partial charge in [-0.2, -0.15) is 0 Å². The number of methoxy groups -OCH3 is 1. The van der Waals surface area contributed by atoms with E-state index < -0.39 is 23.5 Å². The third-order valence-corrected chi connectivity index (χ3v) is 6.54. The van der Waals surface area contributed by atoms with Gasteiger partial charge in [0, 0.05) is 13.1 Å². The summed E-state index contributed by atoms with van der Waals surface area (Å²) in [6.07, 6.45) is 3.01. The SMILES string of the molecule is CCN(CC)CCN1C(=O)C(O)=C(C(=O)/C=C/c2ccccc2)C1c1cc(Br)c(O)c(OC)c1. The summed E-state index contributed by atoms with van der Waals surface area (Å²) in [5, 5.41) is 21.0. The van der Waals surface area contributed by atoms with Crippen molar-refractivity contribution in [1.29, 1.82) is 0 Å². The normalized spacial score (nSPS) is 16.2. The molecular weight excluding hydrogens is 500 g/mol. The van der Waals surface area contributed by atoms with Gasteiger partial charge in [-0.1, -0.05) is 50.3 Å². The fourth-order valence-corrected chi connectivity index (χ4v) is 4.46. The number of phenolic OH excluding ortho intramolecular Hbond substituents is 1. The van der Waals surface area contributed by atoms with E-state index in [2.05, 4.69) is 20.8 Å². The summed E-state index contributed by atoms with van der Waals surface area (Å²) in [5.41, 5.74) is 1.36. The highest BCUT2D eigenvalue weighted by atomic mass is 79.9. The molecule has 3 rings (SSSR count). The number of ketones is 1. The number of ether oxygens (including phenoxy) is 1. The van der Waals surface area contributed by atoms with Crippen LogP contribution in [0, 0.1) is 0 Å². The number of allylic oxidation sites excluding steroid dienone is 1. The van der Waals surface area contributed by atoms with Crippen LogP contribution in [0.2, 0.25) is 0 Å². The maximum absolute atomic E-state index is 13.3. The molecule has 0 spiro atoms. The smallest absolute Gasteiger partial charge is 0.290 e. The minimum Gasteiger partial charge on any atom is -0.503 e. The molecule has 2 aromatic carbocycles. The van der Waals surface area contributed by atoms with Gasteiger partial charge in [0.05, 0.1) is 23.2 Å². The van der Waals surface area contributed by atoms with Crippen LogP contribution in [0.3, 0.4) is 0 Å². The lowest BCUT2D eigenvalue weighted by molar-refractivity contribution is -0.129. The third-order valence-electron chi connectivity index (χ3n) is 5.93. The van der Waals surface area contributed by atoms with Gasteiger partial charge >= 0.3 is 0 Å². The number of carbonyl (C=O) groups is 2. The second-order valence-corrected chi connectivity index (χ2v) is 8.71. The van der Waals surface area contributed by atoms with Gasteiger partial charge in [-0.05, 0) is 58.4 Å². The lowest BCUT2D eigenvalue weighted by Gasteiger charge is -2.29. The molecule has 180 valence electrons. The minimum atomic E-state index is -0.832. The topological polar surface area (TPSA) is 90.3 Å². The predicted molar refractivity (Wildman–Crippen MR) is 135 cm³/mol. The van der Waals surface area contributed by atoms with Crippen molar-refractivity contribution in [3.05, 3.63) is 75.5 Å². The van der Waals surface area contributed by atoms with E-state index in [-0.39, 0.29) is 17.1 Å². The first-order chi connectivity index (χ1) is 16.3. The summed E-state index contributed by atoms with van der Waals surface area (Å²) in [7, 11) is 1.42. The molecule has 0 saturated carbocycles. The van der Waals surface area contributed by atoms with Crippen LogP contribution < -0.4 is 4.74 Å². The summed E-state index contributed by atoms with van der Waals surface area (Å²) in [5.74, 6) is -1.52. The van der Waals surface area contributed by atoms with Gasteiger partial charge in [0.25, 0.3) is 5.91 Å².